The van der Waals surface area contributed by atoms with E-state index in [-0.39, 0.29) is 13.2 Å². The predicted octanol–water partition coefficient (Wildman–Crippen LogP) is 3.02. The minimum Gasteiger partial charge on any atom is -0.496 e. The summed E-state index contributed by atoms with van der Waals surface area (Å²) in [5.41, 5.74) is 3.86. The maximum absolute atomic E-state index is 10.6. The number of amides is 1. The highest BCUT2D eigenvalue weighted by Crippen LogP contribution is 2.39. The summed E-state index contributed by atoms with van der Waals surface area (Å²) in [7, 11) is 1.57. The van der Waals surface area contributed by atoms with Gasteiger partial charge in [-0.1, -0.05) is 17.7 Å². The number of methoxy groups -OCH3 is 1. The number of ether oxygens (including phenoxy) is 1. The van der Waals surface area contributed by atoms with Crippen LogP contribution in [0.25, 0.3) is 11.1 Å². The summed E-state index contributed by atoms with van der Waals surface area (Å²) in [5, 5.41) is 20.7. The van der Waals surface area contributed by atoms with Crippen LogP contribution < -0.4 is 10.1 Å². The van der Waals surface area contributed by atoms with E-state index >= 15 is 0 Å². The number of halogens is 1. The van der Waals surface area contributed by atoms with Crippen LogP contribution in [0.15, 0.2) is 24.4 Å². The molecule has 1 aromatic carbocycles. The number of benzene rings is 1. The number of hydrogen-bond donors (Lipinski definition) is 3. The van der Waals surface area contributed by atoms with Crippen molar-refractivity contribution in [1.82, 2.24) is 10.3 Å². The smallest absolute Gasteiger partial charge is 0.404 e. The molecule has 0 aliphatic rings. The van der Waals surface area contributed by atoms with Crippen LogP contribution in [-0.2, 0) is 13.0 Å². The Labute approximate surface area is 145 Å². The lowest BCUT2D eigenvalue weighted by Crippen LogP contribution is -2.23. The number of pyridine rings is 1. The molecule has 0 saturated carbocycles. The van der Waals surface area contributed by atoms with E-state index in [9.17, 15) is 4.79 Å². The Hall–Kier alpha value is -2.31. The molecule has 0 unspecified atom stereocenters. The monoisotopic (exact) mass is 350 g/mol. The normalized spacial score (nSPS) is 10.5. The van der Waals surface area contributed by atoms with Crippen LogP contribution in [0, 0.1) is 6.92 Å². The zero-order chi connectivity index (χ0) is 17.7. The second-order valence-corrected chi connectivity index (χ2v) is 5.64. The van der Waals surface area contributed by atoms with Gasteiger partial charge in [0.25, 0.3) is 0 Å². The Balaban J connectivity index is 2.47. The number of hydrogen-bond acceptors (Lipinski definition) is 4. The molecular weight excluding hydrogens is 332 g/mol. The third-order valence-corrected chi connectivity index (χ3v) is 4.10. The van der Waals surface area contributed by atoms with Gasteiger partial charge in [0.1, 0.15) is 5.75 Å². The highest BCUT2D eigenvalue weighted by Gasteiger charge is 2.17. The summed E-state index contributed by atoms with van der Waals surface area (Å²) in [6.07, 6.45) is 1.03. The van der Waals surface area contributed by atoms with Gasteiger partial charge in [-0.25, -0.2) is 4.79 Å². The number of nitrogens with zero attached hydrogens (tertiary/aromatic N) is 1. The van der Waals surface area contributed by atoms with E-state index in [1.165, 1.54) is 0 Å². The first-order valence-electron chi connectivity index (χ1n) is 7.36. The van der Waals surface area contributed by atoms with Crippen molar-refractivity contribution in [1.29, 1.82) is 0 Å². The maximum atomic E-state index is 10.6. The van der Waals surface area contributed by atoms with Gasteiger partial charge in [-0.3, -0.25) is 4.98 Å². The minimum absolute atomic E-state index is 0.127. The Kier molecular flexibility index (Phi) is 6.00. The number of nitrogens with one attached hydrogen (secondary N) is 1. The number of aliphatic hydroxyl groups excluding tert-OH is 1. The Morgan fingerprint density at radius 3 is 2.71 bits per heavy atom. The largest absolute Gasteiger partial charge is 0.496 e. The minimum atomic E-state index is -1.07. The van der Waals surface area contributed by atoms with E-state index in [1.54, 1.807) is 25.4 Å². The molecule has 7 heteroatoms. The van der Waals surface area contributed by atoms with Gasteiger partial charge in [0.05, 0.1) is 19.4 Å². The fourth-order valence-electron chi connectivity index (χ4n) is 2.51. The van der Waals surface area contributed by atoms with Crippen molar-refractivity contribution in [2.45, 2.75) is 20.0 Å². The summed E-state index contributed by atoms with van der Waals surface area (Å²) in [6.45, 7) is 2.02. The summed E-state index contributed by atoms with van der Waals surface area (Å²) in [4.78, 5) is 14.8. The third kappa shape index (κ3) is 3.96. The van der Waals surface area contributed by atoms with Gasteiger partial charge in [-0.05, 0) is 36.6 Å². The number of aromatic nitrogens is 1. The van der Waals surface area contributed by atoms with Gasteiger partial charge in [0.15, 0.2) is 0 Å². The van der Waals surface area contributed by atoms with E-state index in [1.807, 2.05) is 13.0 Å². The zero-order valence-corrected chi connectivity index (χ0v) is 14.2. The van der Waals surface area contributed by atoms with Gasteiger partial charge in [0.2, 0.25) is 0 Å². The topological polar surface area (TPSA) is 91.7 Å². The molecule has 2 aromatic rings. The van der Waals surface area contributed by atoms with Crippen LogP contribution in [-0.4, -0.2) is 34.9 Å². The Bertz CT molecular complexity index is 732. The molecule has 128 valence electrons. The van der Waals surface area contributed by atoms with Crippen molar-refractivity contribution in [2.24, 2.45) is 0 Å². The Morgan fingerprint density at radius 1 is 1.42 bits per heavy atom. The van der Waals surface area contributed by atoms with E-state index in [2.05, 4.69) is 10.3 Å². The molecule has 0 aliphatic carbocycles. The standard InChI is InChI=1S/C17H19ClN2O4/c1-10-14(18)7-11(5-6-19-17(22)23)16(24-2)15(10)12-3-4-13(9-21)20-8-12/h3-4,7-8,19,21H,5-6,9H2,1-2H3,(H,22,23). The van der Waals surface area contributed by atoms with Crippen LogP contribution in [0.4, 0.5) is 4.79 Å². The highest BCUT2D eigenvalue weighted by molar-refractivity contribution is 6.32. The molecule has 1 amide bonds. The second-order valence-electron chi connectivity index (χ2n) is 5.23. The predicted molar refractivity (Wildman–Crippen MR) is 91.6 cm³/mol. The summed E-state index contributed by atoms with van der Waals surface area (Å²) >= 11 is 6.35. The molecule has 24 heavy (non-hydrogen) atoms. The van der Waals surface area contributed by atoms with Crippen molar-refractivity contribution in [3.8, 4) is 16.9 Å². The van der Waals surface area contributed by atoms with E-state index in [4.69, 9.17) is 26.6 Å². The number of carbonyl (C=O) groups is 1. The van der Waals surface area contributed by atoms with Crippen molar-refractivity contribution in [3.63, 3.8) is 0 Å². The van der Waals surface area contributed by atoms with Crippen LogP contribution in [0.3, 0.4) is 0 Å². The third-order valence-electron chi connectivity index (χ3n) is 3.70. The molecule has 1 aromatic heterocycles. The molecule has 0 bridgehead atoms. The van der Waals surface area contributed by atoms with Crippen LogP contribution in [0.5, 0.6) is 5.75 Å². The number of rotatable bonds is 6. The highest BCUT2D eigenvalue weighted by atomic mass is 35.5. The van der Waals surface area contributed by atoms with Gasteiger partial charge in [0, 0.05) is 28.9 Å². The lowest BCUT2D eigenvalue weighted by molar-refractivity contribution is 0.194. The summed E-state index contributed by atoms with van der Waals surface area (Å²) in [6, 6.07) is 5.37. The fraction of sp³-hybridized carbons (Fsp3) is 0.294. The Morgan fingerprint density at radius 2 is 2.17 bits per heavy atom. The molecule has 0 fully saturated rings. The zero-order valence-electron chi connectivity index (χ0n) is 13.5. The van der Waals surface area contributed by atoms with Crippen molar-refractivity contribution in [3.05, 3.63) is 46.2 Å². The molecule has 0 aliphatic heterocycles. The lowest BCUT2D eigenvalue weighted by Gasteiger charge is -2.18. The first-order chi connectivity index (χ1) is 11.5. The number of carboxylic acid groups (broad SMARTS) is 1. The van der Waals surface area contributed by atoms with Gasteiger partial charge >= 0.3 is 6.09 Å². The maximum Gasteiger partial charge on any atom is 0.404 e. The quantitative estimate of drug-likeness (QED) is 0.744. The van der Waals surface area contributed by atoms with E-state index in [0.29, 0.717) is 22.9 Å². The second kappa shape index (κ2) is 7.99. The molecule has 6 nitrogen and oxygen atoms in total. The summed E-state index contributed by atoms with van der Waals surface area (Å²) in [5.74, 6) is 0.641. The molecule has 2 rings (SSSR count). The molecule has 0 atom stereocenters. The average molecular weight is 351 g/mol. The van der Waals surface area contributed by atoms with Gasteiger partial charge in [-0.15, -0.1) is 0 Å². The van der Waals surface area contributed by atoms with E-state index < -0.39 is 6.09 Å². The van der Waals surface area contributed by atoms with Crippen molar-refractivity contribution >= 4 is 17.7 Å². The first-order valence-corrected chi connectivity index (χ1v) is 7.74. The first kappa shape index (κ1) is 18.0. The van der Waals surface area contributed by atoms with Crippen LogP contribution in [0.2, 0.25) is 5.02 Å². The lowest BCUT2D eigenvalue weighted by atomic mass is 9.96. The van der Waals surface area contributed by atoms with E-state index in [0.717, 1.165) is 22.3 Å². The van der Waals surface area contributed by atoms with Crippen LogP contribution in [0.1, 0.15) is 16.8 Å². The summed E-state index contributed by atoms with van der Waals surface area (Å²) < 4.78 is 5.57. The molecule has 0 saturated heterocycles. The molecule has 1 heterocycles. The molecule has 3 N–H and O–H groups in total. The number of aliphatic hydroxyl groups is 1. The van der Waals surface area contributed by atoms with Crippen molar-refractivity contribution in [2.75, 3.05) is 13.7 Å². The molecule has 0 radical (unpaired) electrons. The molecular formula is C17H19ClN2O4. The average Bonchev–Trinajstić information content (AvgIpc) is 2.57. The van der Waals surface area contributed by atoms with Crippen LogP contribution >= 0.6 is 11.6 Å². The van der Waals surface area contributed by atoms with Gasteiger partial charge in [-0.2, -0.15) is 0 Å². The SMILES string of the molecule is COc1c(CCNC(=O)O)cc(Cl)c(C)c1-c1ccc(CO)nc1. The molecule has 0 spiro atoms. The van der Waals surface area contributed by atoms with Gasteiger partial charge < -0.3 is 20.3 Å². The fourth-order valence-corrected chi connectivity index (χ4v) is 2.74. The van der Waals surface area contributed by atoms with Crippen molar-refractivity contribution < 1.29 is 19.7 Å².